The molecule has 0 aliphatic carbocycles. The number of halogens is 1. The Kier molecular flexibility index (Phi) is 8.95. The number of ether oxygens (including phenoxy) is 1. The Hall–Kier alpha value is -6.18. The second kappa shape index (κ2) is 14.2. The third-order valence-corrected chi connectivity index (χ3v) is 11.6. The molecule has 4 amide bonds. The SMILES string of the molecule is Cc1ccc2ccccc2c1COc1ccc(/C=C2\C(=O)NC(=O)N(c3cc4c5c(c3)[C@H](c3ccccc3)CCN5CC[C@@H]4c3ccccc3)C2=O)cc1Cl. The van der Waals surface area contributed by atoms with E-state index in [1.807, 2.05) is 60.7 Å². The Bertz CT molecular complexity index is 2460. The third-order valence-electron chi connectivity index (χ3n) is 11.3. The van der Waals surface area contributed by atoms with E-state index >= 15 is 0 Å². The summed E-state index contributed by atoms with van der Waals surface area (Å²) in [6.45, 7) is 4.21. The third kappa shape index (κ3) is 6.34. The van der Waals surface area contributed by atoms with Gasteiger partial charge in [0.15, 0.2) is 0 Å². The molecule has 9 rings (SSSR count). The molecular weight excluding hydrogens is 706 g/mol. The number of carbonyl (C=O) groups excluding carboxylic acids is 3. The molecular formula is C47H38ClN3O4. The van der Waals surface area contributed by atoms with Crippen molar-refractivity contribution in [2.45, 2.75) is 38.2 Å². The van der Waals surface area contributed by atoms with E-state index in [2.05, 4.69) is 65.7 Å². The summed E-state index contributed by atoms with van der Waals surface area (Å²) in [4.78, 5) is 44.9. The molecule has 0 bridgehead atoms. The van der Waals surface area contributed by atoms with Gasteiger partial charge in [-0.25, -0.2) is 9.69 Å². The number of aryl methyl sites for hydroxylation is 1. The number of anilines is 2. The number of urea groups is 1. The van der Waals surface area contributed by atoms with Crippen molar-refractivity contribution in [2.75, 3.05) is 22.9 Å². The smallest absolute Gasteiger partial charge is 0.335 e. The first kappa shape index (κ1) is 34.6. The van der Waals surface area contributed by atoms with Gasteiger partial charge in [-0.1, -0.05) is 115 Å². The molecule has 1 N–H and O–H groups in total. The maximum Gasteiger partial charge on any atom is 0.335 e. The quantitative estimate of drug-likeness (QED) is 0.130. The largest absolute Gasteiger partial charge is 0.487 e. The zero-order chi connectivity index (χ0) is 37.6. The van der Waals surface area contributed by atoms with Crippen molar-refractivity contribution in [1.82, 2.24) is 5.32 Å². The first-order chi connectivity index (χ1) is 26.8. The lowest BCUT2D eigenvalue weighted by molar-refractivity contribution is -0.122. The number of carbonyl (C=O) groups is 3. The van der Waals surface area contributed by atoms with Gasteiger partial charge in [-0.15, -0.1) is 0 Å². The fourth-order valence-corrected chi connectivity index (χ4v) is 8.78. The Morgan fingerprint density at radius 1 is 0.764 bits per heavy atom. The lowest BCUT2D eigenvalue weighted by Gasteiger charge is -2.44. The number of hydrogen-bond donors (Lipinski definition) is 1. The normalized spacial score (nSPS) is 18.7. The predicted octanol–water partition coefficient (Wildman–Crippen LogP) is 9.92. The van der Waals surface area contributed by atoms with Crippen LogP contribution in [0.15, 0.2) is 133 Å². The van der Waals surface area contributed by atoms with Gasteiger partial charge in [0.05, 0.1) is 10.7 Å². The Morgan fingerprint density at radius 3 is 2.05 bits per heavy atom. The fourth-order valence-electron chi connectivity index (χ4n) is 8.54. The number of nitrogens with one attached hydrogen (secondary N) is 1. The molecule has 1 saturated heterocycles. The molecule has 55 heavy (non-hydrogen) atoms. The van der Waals surface area contributed by atoms with Crippen LogP contribution in [0.25, 0.3) is 16.8 Å². The van der Waals surface area contributed by atoms with Gasteiger partial charge in [0.1, 0.15) is 17.9 Å². The van der Waals surface area contributed by atoms with Crippen LogP contribution in [0.2, 0.25) is 5.02 Å². The number of amides is 4. The summed E-state index contributed by atoms with van der Waals surface area (Å²) in [5.41, 5.74) is 8.69. The van der Waals surface area contributed by atoms with Crippen molar-refractivity contribution in [3.63, 3.8) is 0 Å². The van der Waals surface area contributed by atoms with Gasteiger partial charge in [-0.05, 0) is 94.3 Å². The van der Waals surface area contributed by atoms with Gasteiger partial charge in [0.2, 0.25) is 0 Å². The van der Waals surface area contributed by atoms with Crippen molar-refractivity contribution in [2.24, 2.45) is 0 Å². The molecule has 7 nitrogen and oxygen atoms in total. The fraction of sp³-hybridized carbons (Fsp3) is 0.170. The molecule has 8 heteroatoms. The monoisotopic (exact) mass is 743 g/mol. The summed E-state index contributed by atoms with van der Waals surface area (Å²) < 4.78 is 6.19. The summed E-state index contributed by atoms with van der Waals surface area (Å²) in [6.07, 6.45) is 3.29. The van der Waals surface area contributed by atoms with Crippen LogP contribution in [-0.4, -0.2) is 30.9 Å². The van der Waals surface area contributed by atoms with Gasteiger partial charge in [0, 0.05) is 36.2 Å². The molecule has 1 fully saturated rings. The molecule has 6 aromatic rings. The van der Waals surface area contributed by atoms with Crippen LogP contribution in [0.3, 0.4) is 0 Å². The maximum atomic E-state index is 14.4. The lowest BCUT2D eigenvalue weighted by Crippen LogP contribution is -2.54. The predicted molar refractivity (Wildman–Crippen MR) is 218 cm³/mol. The van der Waals surface area contributed by atoms with Crippen molar-refractivity contribution < 1.29 is 19.1 Å². The average molecular weight is 744 g/mol. The lowest BCUT2D eigenvalue weighted by atomic mass is 9.76. The Labute approximate surface area is 324 Å². The molecule has 0 aromatic heterocycles. The van der Waals surface area contributed by atoms with Crippen LogP contribution >= 0.6 is 11.6 Å². The molecule has 0 spiro atoms. The van der Waals surface area contributed by atoms with E-state index < -0.39 is 17.8 Å². The standard InChI is InChI=1S/C47H38ClN3O4/c1-29-16-18-33-14-8-9-15-35(33)41(29)28-55-43-19-17-30(25-42(43)48)24-40-45(52)49-47(54)51(46(40)53)34-26-38-36(31-10-4-2-5-11-31)20-22-50-23-21-37(39(27-34)44(38)50)32-12-6-3-7-13-32/h2-19,24-27,36-37H,20-23,28H2,1H3,(H,49,52,54)/b40-24+/t36-,37+. The van der Waals surface area contributed by atoms with Crippen LogP contribution in [-0.2, 0) is 16.2 Å². The second-order valence-electron chi connectivity index (χ2n) is 14.5. The van der Waals surface area contributed by atoms with Gasteiger partial charge >= 0.3 is 6.03 Å². The highest BCUT2D eigenvalue weighted by Crippen LogP contribution is 2.50. The minimum Gasteiger partial charge on any atom is -0.487 e. The number of barbiturate groups is 1. The van der Waals surface area contributed by atoms with Crippen LogP contribution in [0.5, 0.6) is 5.75 Å². The maximum absolute atomic E-state index is 14.4. The van der Waals surface area contributed by atoms with E-state index in [9.17, 15) is 14.4 Å². The highest BCUT2D eigenvalue weighted by Gasteiger charge is 2.40. The first-order valence-electron chi connectivity index (χ1n) is 18.7. The highest BCUT2D eigenvalue weighted by molar-refractivity contribution is 6.39. The number of rotatable bonds is 7. The number of fused-ring (bicyclic) bond motifs is 1. The Balaban J connectivity index is 1.06. The van der Waals surface area contributed by atoms with Crippen molar-refractivity contribution >= 4 is 57.7 Å². The summed E-state index contributed by atoms with van der Waals surface area (Å²) in [6, 6.07) is 41.4. The summed E-state index contributed by atoms with van der Waals surface area (Å²) >= 11 is 6.73. The van der Waals surface area contributed by atoms with E-state index in [1.165, 1.54) is 22.9 Å². The van der Waals surface area contributed by atoms with Crippen LogP contribution < -0.4 is 19.9 Å². The summed E-state index contributed by atoms with van der Waals surface area (Å²) in [5, 5.41) is 5.01. The minimum absolute atomic E-state index is 0.0766. The van der Waals surface area contributed by atoms with E-state index in [-0.39, 0.29) is 17.4 Å². The molecule has 2 atom stereocenters. The number of benzene rings is 6. The first-order valence-corrected chi connectivity index (χ1v) is 19.1. The van der Waals surface area contributed by atoms with Gasteiger partial charge in [-0.2, -0.15) is 0 Å². The van der Waals surface area contributed by atoms with Crippen LogP contribution in [0, 0.1) is 6.92 Å². The number of hydrogen-bond acceptors (Lipinski definition) is 5. The highest BCUT2D eigenvalue weighted by atomic mass is 35.5. The average Bonchev–Trinajstić information content (AvgIpc) is 3.20. The van der Waals surface area contributed by atoms with Crippen LogP contribution in [0.1, 0.15) is 63.6 Å². The second-order valence-corrected chi connectivity index (χ2v) is 14.9. The zero-order valence-electron chi connectivity index (χ0n) is 30.3. The number of nitrogens with zero attached hydrogens (tertiary/aromatic N) is 2. The van der Waals surface area contributed by atoms with Crippen molar-refractivity contribution in [1.29, 1.82) is 0 Å². The molecule has 0 saturated carbocycles. The molecule has 3 aliphatic heterocycles. The summed E-state index contributed by atoms with van der Waals surface area (Å²) in [7, 11) is 0. The summed E-state index contributed by atoms with van der Waals surface area (Å²) in [5.74, 6) is -0.825. The molecule has 272 valence electrons. The topological polar surface area (TPSA) is 79.0 Å². The van der Waals surface area contributed by atoms with Crippen molar-refractivity contribution in [3.8, 4) is 5.75 Å². The van der Waals surface area contributed by atoms with E-state index in [4.69, 9.17) is 16.3 Å². The Morgan fingerprint density at radius 2 is 1.40 bits per heavy atom. The molecule has 0 unspecified atom stereocenters. The molecule has 6 aromatic carbocycles. The number of imide groups is 2. The van der Waals surface area contributed by atoms with Crippen molar-refractivity contribution in [3.05, 3.63) is 177 Å². The molecule has 0 radical (unpaired) electrons. The van der Waals surface area contributed by atoms with Gasteiger partial charge < -0.3 is 9.64 Å². The van der Waals surface area contributed by atoms with Gasteiger partial charge in [-0.3, -0.25) is 14.9 Å². The zero-order valence-corrected chi connectivity index (χ0v) is 31.1. The minimum atomic E-state index is -0.777. The van der Waals surface area contributed by atoms with E-state index in [1.54, 1.807) is 18.2 Å². The van der Waals surface area contributed by atoms with E-state index in [0.29, 0.717) is 28.6 Å². The molecule has 3 aliphatic rings. The van der Waals surface area contributed by atoms with Gasteiger partial charge in [0.25, 0.3) is 11.8 Å². The van der Waals surface area contributed by atoms with E-state index in [0.717, 1.165) is 63.9 Å². The van der Waals surface area contributed by atoms with Crippen LogP contribution in [0.4, 0.5) is 16.2 Å². The molecule has 3 heterocycles.